The van der Waals surface area contributed by atoms with Gasteiger partial charge < -0.3 is 20.7 Å². The van der Waals surface area contributed by atoms with Crippen LogP contribution in [0.2, 0.25) is 0 Å². The SMILES string of the molecule is C=CC(=O)Nc1ccc(C(=O)NC2CCC(=O)NC23CCOCC3)cc1. The first kappa shape index (κ1) is 18.1. The predicted molar refractivity (Wildman–Crippen MR) is 96.7 cm³/mol. The number of amides is 3. The van der Waals surface area contributed by atoms with Crippen molar-refractivity contribution in [2.75, 3.05) is 18.5 Å². The first-order valence-electron chi connectivity index (χ1n) is 8.75. The van der Waals surface area contributed by atoms with Gasteiger partial charge in [-0.3, -0.25) is 14.4 Å². The molecular formula is C19H23N3O4. The first-order chi connectivity index (χ1) is 12.5. The van der Waals surface area contributed by atoms with E-state index in [1.54, 1.807) is 24.3 Å². The van der Waals surface area contributed by atoms with E-state index in [1.165, 1.54) is 6.08 Å². The Labute approximate surface area is 152 Å². The highest BCUT2D eigenvalue weighted by Crippen LogP contribution is 2.30. The fourth-order valence-corrected chi connectivity index (χ4v) is 3.54. The molecule has 2 aliphatic heterocycles. The Morgan fingerprint density at radius 3 is 2.58 bits per heavy atom. The van der Waals surface area contributed by atoms with Gasteiger partial charge >= 0.3 is 0 Å². The van der Waals surface area contributed by atoms with Crippen LogP contribution in [0.3, 0.4) is 0 Å². The highest BCUT2D eigenvalue weighted by Gasteiger charge is 2.45. The van der Waals surface area contributed by atoms with Crippen LogP contribution in [0.25, 0.3) is 0 Å². The molecular weight excluding hydrogens is 334 g/mol. The summed E-state index contributed by atoms with van der Waals surface area (Å²) < 4.78 is 5.42. The molecule has 0 aromatic heterocycles. The van der Waals surface area contributed by atoms with Gasteiger partial charge in [0.1, 0.15) is 0 Å². The summed E-state index contributed by atoms with van der Waals surface area (Å²) in [5.74, 6) is -0.472. The van der Waals surface area contributed by atoms with Crippen molar-refractivity contribution in [2.45, 2.75) is 37.3 Å². The van der Waals surface area contributed by atoms with Crippen LogP contribution in [-0.2, 0) is 14.3 Å². The van der Waals surface area contributed by atoms with Crippen molar-refractivity contribution >= 4 is 23.4 Å². The molecule has 1 aromatic rings. The van der Waals surface area contributed by atoms with E-state index in [0.29, 0.717) is 50.1 Å². The lowest BCUT2D eigenvalue weighted by Crippen LogP contribution is -2.67. The number of rotatable bonds is 4. The van der Waals surface area contributed by atoms with Gasteiger partial charge in [-0.1, -0.05) is 6.58 Å². The quantitative estimate of drug-likeness (QED) is 0.709. The van der Waals surface area contributed by atoms with Crippen molar-refractivity contribution in [1.82, 2.24) is 10.6 Å². The molecule has 7 nitrogen and oxygen atoms in total. The summed E-state index contributed by atoms with van der Waals surface area (Å²) in [5, 5.41) is 8.80. The van der Waals surface area contributed by atoms with E-state index in [2.05, 4.69) is 22.5 Å². The maximum Gasteiger partial charge on any atom is 0.251 e. The molecule has 2 heterocycles. The van der Waals surface area contributed by atoms with Gasteiger partial charge in [0.15, 0.2) is 0 Å². The summed E-state index contributed by atoms with van der Waals surface area (Å²) in [4.78, 5) is 35.8. The highest BCUT2D eigenvalue weighted by molar-refractivity contribution is 5.99. The highest BCUT2D eigenvalue weighted by atomic mass is 16.5. The lowest BCUT2D eigenvalue weighted by atomic mass is 9.77. The number of carbonyl (C=O) groups excluding carboxylic acids is 3. The van der Waals surface area contributed by atoms with Crippen molar-refractivity contribution in [3.63, 3.8) is 0 Å². The number of hydrogen-bond acceptors (Lipinski definition) is 4. The summed E-state index contributed by atoms with van der Waals surface area (Å²) in [6, 6.07) is 6.53. The summed E-state index contributed by atoms with van der Waals surface area (Å²) in [7, 11) is 0. The van der Waals surface area contributed by atoms with Crippen LogP contribution in [-0.4, -0.2) is 42.5 Å². The molecule has 1 unspecified atom stereocenters. The van der Waals surface area contributed by atoms with Crippen LogP contribution in [0.15, 0.2) is 36.9 Å². The van der Waals surface area contributed by atoms with Crippen LogP contribution >= 0.6 is 0 Å². The number of hydrogen-bond donors (Lipinski definition) is 3. The molecule has 1 spiro atoms. The molecule has 0 bridgehead atoms. The van der Waals surface area contributed by atoms with Crippen molar-refractivity contribution in [3.8, 4) is 0 Å². The van der Waals surface area contributed by atoms with E-state index in [0.717, 1.165) is 0 Å². The van der Waals surface area contributed by atoms with Crippen molar-refractivity contribution in [3.05, 3.63) is 42.5 Å². The van der Waals surface area contributed by atoms with Crippen molar-refractivity contribution < 1.29 is 19.1 Å². The standard InChI is InChI=1S/C19H23N3O4/c1-2-16(23)20-14-5-3-13(4-6-14)18(25)21-15-7-8-17(24)22-19(15)9-11-26-12-10-19/h2-6,15H,1,7-12H2,(H,20,23)(H,21,25)(H,22,24). The van der Waals surface area contributed by atoms with Gasteiger partial charge in [-0.05, 0) is 49.6 Å². The molecule has 1 atom stereocenters. The number of piperidine rings is 1. The van der Waals surface area contributed by atoms with Crippen molar-refractivity contribution in [2.24, 2.45) is 0 Å². The Hall–Kier alpha value is -2.67. The summed E-state index contributed by atoms with van der Waals surface area (Å²) in [6.07, 6.45) is 3.59. The molecule has 26 heavy (non-hydrogen) atoms. The minimum atomic E-state index is -0.429. The Balaban J connectivity index is 1.68. The van der Waals surface area contributed by atoms with E-state index in [4.69, 9.17) is 4.74 Å². The molecule has 2 fully saturated rings. The molecule has 3 amide bonds. The Kier molecular flexibility index (Phi) is 5.37. The molecule has 1 aromatic carbocycles. The number of anilines is 1. The number of benzene rings is 1. The van der Waals surface area contributed by atoms with Crippen LogP contribution in [0.4, 0.5) is 5.69 Å². The fourth-order valence-electron chi connectivity index (χ4n) is 3.54. The second-order valence-electron chi connectivity index (χ2n) is 6.65. The zero-order valence-corrected chi connectivity index (χ0v) is 14.5. The molecule has 0 saturated carbocycles. The minimum Gasteiger partial charge on any atom is -0.381 e. The first-order valence-corrected chi connectivity index (χ1v) is 8.75. The maximum absolute atomic E-state index is 12.7. The monoisotopic (exact) mass is 357 g/mol. The van der Waals surface area contributed by atoms with Gasteiger partial charge in [-0.2, -0.15) is 0 Å². The number of nitrogens with one attached hydrogen (secondary N) is 3. The van der Waals surface area contributed by atoms with Gasteiger partial charge in [0, 0.05) is 30.9 Å². The third kappa shape index (κ3) is 3.94. The summed E-state index contributed by atoms with van der Waals surface area (Å²) in [5.41, 5.74) is 0.666. The third-order valence-electron chi connectivity index (χ3n) is 5.01. The van der Waals surface area contributed by atoms with Gasteiger partial charge in [-0.25, -0.2) is 0 Å². The van der Waals surface area contributed by atoms with Gasteiger partial charge in [0.05, 0.1) is 11.6 Å². The van der Waals surface area contributed by atoms with Gasteiger partial charge in [0.25, 0.3) is 5.91 Å². The average Bonchev–Trinajstić information content (AvgIpc) is 2.65. The zero-order chi connectivity index (χ0) is 18.6. The largest absolute Gasteiger partial charge is 0.381 e. The second kappa shape index (κ2) is 7.70. The summed E-state index contributed by atoms with van der Waals surface area (Å²) >= 11 is 0. The van der Waals surface area contributed by atoms with Gasteiger partial charge in [-0.15, -0.1) is 0 Å². The van der Waals surface area contributed by atoms with Gasteiger partial charge in [0.2, 0.25) is 11.8 Å². The number of ether oxygens (including phenoxy) is 1. The summed E-state index contributed by atoms with van der Waals surface area (Å²) in [6.45, 7) is 4.55. The van der Waals surface area contributed by atoms with Crippen LogP contribution in [0.1, 0.15) is 36.0 Å². The molecule has 138 valence electrons. The Morgan fingerprint density at radius 1 is 1.23 bits per heavy atom. The minimum absolute atomic E-state index is 0.0275. The molecule has 3 N–H and O–H groups in total. The fraction of sp³-hybridized carbons (Fsp3) is 0.421. The Morgan fingerprint density at radius 2 is 1.92 bits per heavy atom. The van der Waals surface area contributed by atoms with E-state index in [-0.39, 0.29) is 23.8 Å². The molecule has 3 rings (SSSR count). The van der Waals surface area contributed by atoms with Crippen LogP contribution < -0.4 is 16.0 Å². The molecule has 7 heteroatoms. The van der Waals surface area contributed by atoms with E-state index in [1.807, 2.05) is 0 Å². The van der Waals surface area contributed by atoms with E-state index < -0.39 is 5.54 Å². The normalized spacial score (nSPS) is 21.5. The molecule has 2 aliphatic rings. The molecule has 0 radical (unpaired) electrons. The lowest BCUT2D eigenvalue weighted by Gasteiger charge is -2.47. The van der Waals surface area contributed by atoms with E-state index >= 15 is 0 Å². The smallest absolute Gasteiger partial charge is 0.251 e. The topological polar surface area (TPSA) is 96.5 Å². The van der Waals surface area contributed by atoms with Crippen LogP contribution in [0.5, 0.6) is 0 Å². The zero-order valence-electron chi connectivity index (χ0n) is 14.5. The Bertz CT molecular complexity index is 708. The maximum atomic E-state index is 12.7. The predicted octanol–water partition coefficient (Wildman–Crippen LogP) is 1.37. The van der Waals surface area contributed by atoms with Crippen LogP contribution in [0, 0.1) is 0 Å². The average molecular weight is 357 g/mol. The second-order valence-corrected chi connectivity index (χ2v) is 6.65. The number of carbonyl (C=O) groups is 3. The molecule has 0 aliphatic carbocycles. The van der Waals surface area contributed by atoms with E-state index in [9.17, 15) is 14.4 Å². The lowest BCUT2D eigenvalue weighted by molar-refractivity contribution is -0.128. The van der Waals surface area contributed by atoms with Crippen molar-refractivity contribution in [1.29, 1.82) is 0 Å². The third-order valence-corrected chi connectivity index (χ3v) is 5.01. The molecule has 2 saturated heterocycles.